The predicted octanol–water partition coefficient (Wildman–Crippen LogP) is 0.936. The summed E-state index contributed by atoms with van der Waals surface area (Å²) in [6.07, 6.45) is 2.79. The Bertz CT molecular complexity index is 156. The molecule has 1 N–H and O–H groups in total. The van der Waals surface area contributed by atoms with Crippen LogP contribution in [0, 0.1) is 11.8 Å². The van der Waals surface area contributed by atoms with Crippen LogP contribution in [0.25, 0.3) is 0 Å². The van der Waals surface area contributed by atoms with Gasteiger partial charge in [-0.25, -0.2) is 0 Å². The molecule has 12 heavy (non-hydrogen) atoms. The molecule has 0 spiro atoms. The number of nitrogens with one attached hydrogen (secondary N) is 1. The Morgan fingerprint density at radius 1 is 1.33 bits per heavy atom. The fourth-order valence-electron chi connectivity index (χ4n) is 2.79. The molecule has 0 aromatic rings. The van der Waals surface area contributed by atoms with Gasteiger partial charge < -0.3 is 10.2 Å². The third-order valence-electron chi connectivity index (χ3n) is 3.83. The number of nitrogens with zero attached hydrogens (tertiary/aromatic N) is 1. The fraction of sp³-hybridized carbons (Fsp3) is 1.00. The van der Waals surface area contributed by atoms with E-state index < -0.39 is 0 Å². The third kappa shape index (κ3) is 1.38. The minimum Gasteiger partial charge on any atom is -0.316 e. The summed E-state index contributed by atoms with van der Waals surface area (Å²) < 4.78 is 0. The van der Waals surface area contributed by atoms with Crippen LogP contribution in [-0.4, -0.2) is 37.6 Å². The van der Waals surface area contributed by atoms with E-state index in [0.717, 1.165) is 17.9 Å². The van der Waals surface area contributed by atoms with E-state index in [1.165, 1.54) is 32.5 Å². The minimum absolute atomic E-state index is 0.811. The van der Waals surface area contributed by atoms with E-state index in [1.54, 1.807) is 0 Å². The molecule has 2 heterocycles. The summed E-state index contributed by atoms with van der Waals surface area (Å²) in [5.41, 5.74) is 0. The van der Waals surface area contributed by atoms with Gasteiger partial charge in [0.2, 0.25) is 0 Å². The first-order valence-electron chi connectivity index (χ1n) is 5.20. The van der Waals surface area contributed by atoms with Crippen LogP contribution in [0.3, 0.4) is 0 Å². The van der Waals surface area contributed by atoms with Crippen molar-refractivity contribution in [1.82, 2.24) is 10.2 Å². The van der Waals surface area contributed by atoms with Crippen LogP contribution >= 0.6 is 0 Å². The van der Waals surface area contributed by atoms with Gasteiger partial charge in [-0.05, 0) is 58.3 Å². The standard InChI is InChI=1S/C10H20N2/c1-8-10-3-5-11-7-9(10)4-6-12(8)2/h8-11H,3-7H2,1-2H3. The van der Waals surface area contributed by atoms with Gasteiger partial charge in [0.05, 0.1) is 0 Å². The first kappa shape index (κ1) is 8.52. The molecule has 0 radical (unpaired) electrons. The summed E-state index contributed by atoms with van der Waals surface area (Å²) in [5, 5.41) is 3.50. The first-order valence-corrected chi connectivity index (χ1v) is 5.20. The molecule has 2 nitrogen and oxygen atoms in total. The van der Waals surface area contributed by atoms with E-state index in [4.69, 9.17) is 0 Å². The summed E-state index contributed by atoms with van der Waals surface area (Å²) in [6.45, 7) is 6.19. The molecule has 0 saturated carbocycles. The van der Waals surface area contributed by atoms with E-state index in [1.807, 2.05) is 0 Å². The van der Waals surface area contributed by atoms with Crippen molar-refractivity contribution in [3.8, 4) is 0 Å². The maximum atomic E-state index is 3.50. The van der Waals surface area contributed by atoms with Crippen molar-refractivity contribution in [3.05, 3.63) is 0 Å². The number of fused-ring (bicyclic) bond motifs is 1. The summed E-state index contributed by atoms with van der Waals surface area (Å²) in [6, 6.07) is 0.811. The number of likely N-dealkylation sites (tertiary alicyclic amines) is 1. The SMILES string of the molecule is CC1C2CCNCC2CCN1C. The normalized spacial score (nSPS) is 44.0. The topological polar surface area (TPSA) is 15.3 Å². The predicted molar refractivity (Wildman–Crippen MR) is 51.2 cm³/mol. The molecular weight excluding hydrogens is 148 g/mol. The molecule has 2 saturated heterocycles. The highest BCUT2D eigenvalue weighted by Crippen LogP contribution is 2.31. The van der Waals surface area contributed by atoms with Gasteiger partial charge in [-0.3, -0.25) is 0 Å². The average molecular weight is 168 g/mol. The maximum Gasteiger partial charge on any atom is 0.00957 e. The zero-order chi connectivity index (χ0) is 8.55. The molecule has 2 rings (SSSR count). The lowest BCUT2D eigenvalue weighted by Crippen LogP contribution is -2.51. The van der Waals surface area contributed by atoms with Crippen LogP contribution in [0.2, 0.25) is 0 Å². The number of piperidine rings is 2. The average Bonchev–Trinajstić information content (AvgIpc) is 2.12. The van der Waals surface area contributed by atoms with E-state index in [2.05, 4.69) is 24.2 Å². The summed E-state index contributed by atoms with van der Waals surface area (Å²) in [5.74, 6) is 1.93. The van der Waals surface area contributed by atoms with Gasteiger partial charge in [-0.1, -0.05) is 0 Å². The molecule has 70 valence electrons. The molecule has 0 bridgehead atoms. The highest BCUT2D eigenvalue weighted by atomic mass is 15.1. The second-order valence-electron chi connectivity index (χ2n) is 4.43. The van der Waals surface area contributed by atoms with Crippen LogP contribution in [-0.2, 0) is 0 Å². The lowest BCUT2D eigenvalue weighted by molar-refractivity contribution is 0.0590. The van der Waals surface area contributed by atoms with Gasteiger partial charge in [-0.15, -0.1) is 0 Å². The quantitative estimate of drug-likeness (QED) is 0.579. The molecule has 0 aliphatic carbocycles. The van der Waals surface area contributed by atoms with Crippen molar-refractivity contribution in [3.63, 3.8) is 0 Å². The van der Waals surface area contributed by atoms with E-state index in [-0.39, 0.29) is 0 Å². The summed E-state index contributed by atoms with van der Waals surface area (Å²) in [4.78, 5) is 2.52. The Morgan fingerprint density at radius 2 is 2.17 bits per heavy atom. The molecule has 0 aromatic carbocycles. The lowest BCUT2D eigenvalue weighted by atomic mass is 9.76. The van der Waals surface area contributed by atoms with Crippen molar-refractivity contribution < 1.29 is 0 Å². The number of hydrogen-bond acceptors (Lipinski definition) is 2. The fourth-order valence-corrected chi connectivity index (χ4v) is 2.79. The maximum absolute atomic E-state index is 3.50. The van der Waals surface area contributed by atoms with E-state index in [9.17, 15) is 0 Å². The van der Waals surface area contributed by atoms with E-state index in [0.29, 0.717) is 0 Å². The van der Waals surface area contributed by atoms with Crippen molar-refractivity contribution in [1.29, 1.82) is 0 Å². The molecule has 3 unspecified atom stereocenters. The largest absolute Gasteiger partial charge is 0.316 e. The van der Waals surface area contributed by atoms with Gasteiger partial charge in [-0.2, -0.15) is 0 Å². The first-order chi connectivity index (χ1) is 5.79. The van der Waals surface area contributed by atoms with Crippen LogP contribution in [0.1, 0.15) is 19.8 Å². The molecule has 2 heteroatoms. The van der Waals surface area contributed by atoms with Crippen LogP contribution in [0.5, 0.6) is 0 Å². The molecule has 0 aromatic heterocycles. The smallest absolute Gasteiger partial charge is 0.00957 e. The Morgan fingerprint density at radius 3 is 3.00 bits per heavy atom. The molecule has 3 atom stereocenters. The highest BCUT2D eigenvalue weighted by molar-refractivity contribution is 4.89. The van der Waals surface area contributed by atoms with Gasteiger partial charge in [0.15, 0.2) is 0 Å². The molecule has 2 aliphatic heterocycles. The number of rotatable bonds is 0. The molecule has 0 amide bonds. The molecule has 2 fully saturated rings. The van der Waals surface area contributed by atoms with Crippen LogP contribution in [0.4, 0.5) is 0 Å². The van der Waals surface area contributed by atoms with Crippen molar-refractivity contribution in [2.24, 2.45) is 11.8 Å². The molecular formula is C10H20N2. The summed E-state index contributed by atoms with van der Waals surface area (Å²) >= 11 is 0. The Kier molecular flexibility index (Phi) is 2.37. The van der Waals surface area contributed by atoms with Crippen LogP contribution in [0.15, 0.2) is 0 Å². The van der Waals surface area contributed by atoms with E-state index >= 15 is 0 Å². The summed E-state index contributed by atoms with van der Waals surface area (Å²) in [7, 11) is 2.27. The van der Waals surface area contributed by atoms with Crippen molar-refractivity contribution in [2.75, 3.05) is 26.7 Å². The lowest BCUT2D eigenvalue weighted by Gasteiger charge is -2.45. The monoisotopic (exact) mass is 168 g/mol. The zero-order valence-corrected chi connectivity index (χ0v) is 8.21. The van der Waals surface area contributed by atoms with Gasteiger partial charge in [0.1, 0.15) is 0 Å². The van der Waals surface area contributed by atoms with Crippen molar-refractivity contribution >= 4 is 0 Å². The number of hydrogen-bond donors (Lipinski definition) is 1. The second kappa shape index (κ2) is 3.35. The Balaban J connectivity index is 2.03. The van der Waals surface area contributed by atoms with Gasteiger partial charge >= 0.3 is 0 Å². The molecule has 2 aliphatic rings. The van der Waals surface area contributed by atoms with Crippen LogP contribution < -0.4 is 5.32 Å². The Labute approximate surface area is 75.3 Å². The highest BCUT2D eigenvalue weighted by Gasteiger charge is 2.34. The third-order valence-corrected chi connectivity index (χ3v) is 3.83. The Hall–Kier alpha value is -0.0800. The minimum atomic E-state index is 0.811. The zero-order valence-electron chi connectivity index (χ0n) is 8.21. The van der Waals surface area contributed by atoms with Gasteiger partial charge in [0, 0.05) is 6.04 Å². The van der Waals surface area contributed by atoms with Crippen molar-refractivity contribution in [2.45, 2.75) is 25.8 Å². The second-order valence-corrected chi connectivity index (χ2v) is 4.43. The van der Waals surface area contributed by atoms with Gasteiger partial charge in [0.25, 0.3) is 0 Å².